The first-order valence-electron chi connectivity index (χ1n) is 7.52. The van der Waals surface area contributed by atoms with Gasteiger partial charge in [0.15, 0.2) is 0 Å². The molecule has 4 heteroatoms. The van der Waals surface area contributed by atoms with Crippen LogP contribution in [0.25, 0.3) is 0 Å². The van der Waals surface area contributed by atoms with Gasteiger partial charge in [0.2, 0.25) is 0 Å². The maximum Gasteiger partial charge on any atom is 0.0242 e. The molecule has 1 fully saturated rings. The zero-order chi connectivity index (χ0) is 14.4. The summed E-state index contributed by atoms with van der Waals surface area (Å²) in [7, 11) is 4.19. The lowest BCUT2D eigenvalue weighted by Crippen LogP contribution is -2.31. The summed E-state index contributed by atoms with van der Waals surface area (Å²) < 4.78 is 1.22. The van der Waals surface area contributed by atoms with Crippen LogP contribution in [-0.4, -0.2) is 50.1 Å². The van der Waals surface area contributed by atoms with E-state index in [-0.39, 0.29) is 0 Å². The van der Waals surface area contributed by atoms with Crippen molar-refractivity contribution < 1.29 is 0 Å². The van der Waals surface area contributed by atoms with Gasteiger partial charge in [0, 0.05) is 30.7 Å². The van der Waals surface area contributed by atoms with E-state index in [0.717, 1.165) is 19.6 Å². The fraction of sp³-hybridized carbons (Fsp3) is 0.625. The molecule has 0 atom stereocenters. The highest BCUT2D eigenvalue weighted by Gasteiger charge is 2.12. The molecule has 3 nitrogen and oxygen atoms in total. The van der Waals surface area contributed by atoms with E-state index in [1.807, 2.05) is 7.05 Å². The van der Waals surface area contributed by atoms with Gasteiger partial charge in [-0.2, -0.15) is 0 Å². The van der Waals surface area contributed by atoms with E-state index in [0.29, 0.717) is 0 Å². The maximum absolute atomic E-state index is 3.70. The first kappa shape index (κ1) is 16.0. The van der Waals surface area contributed by atoms with Gasteiger partial charge >= 0.3 is 0 Å². The summed E-state index contributed by atoms with van der Waals surface area (Å²) >= 11 is 3.70. The van der Waals surface area contributed by atoms with E-state index in [1.54, 1.807) is 0 Å². The molecule has 0 radical (unpaired) electrons. The van der Waals surface area contributed by atoms with Crippen LogP contribution in [0.1, 0.15) is 24.0 Å². The second kappa shape index (κ2) is 8.13. The SMILES string of the molecule is CNCc1ccc(CN(C)CCN2CCCC2)c(Br)c1. The summed E-state index contributed by atoms with van der Waals surface area (Å²) in [6.45, 7) is 6.85. The first-order chi connectivity index (χ1) is 9.69. The van der Waals surface area contributed by atoms with Crippen LogP contribution in [0.3, 0.4) is 0 Å². The molecule has 1 heterocycles. The molecular weight excluding hydrogens is 314 g/mol. The number of nitrogens with one attached hydrogen (secondary N) is 1. The van der Waals surface area contributed by atoms with Gasteiger partial charge in [-0.3, -0.25) is 0 Å². The molecule has 0 aromatic heterocycles. The predicted octanol–water partition coefficient (Wildman–Crippen LogP) is 2.70. The number of halogens is 1. The van der Waals surface area contributed by atoms with Gasteiger partial charge in [0.1, 0.15) is 0 Å². The Hall–Kier alpha value is -0.420. The number of hydrogen-bond acceptors (Lipinski definition) is 3. The lowest BCUT2D eigenvalue weighted by Gasteiger charge is -2.22. The molecule has 0 saturated carbocycles. The Kier molecular flexibility index (Phi) is 6.49. The van der Waals surface area contributed by atoms with Crippen molar-refractivity contribution >= 4 is 15.9 Å². The smallest absolute Gasteiger partial charge is 0.0242 e. The third-order valence-electron chi connectivity index (χ3n) is 3.94. The summed E-state index contributed by atoms with van der Waals surface area (Å²) in [5.74, 6) is 0. The Balaban J connectivity index is 1.82. The van der Waals surface area contributed by atoms with E-state index < -0.39 is 0 Å². The van der Waals surface area contributed by atoms with E-state index in [4.69, 9.17) is 0 Å². The zero-order valence-electron chi connectivity index (χ0n) is 12.7. The van der Waals surface area contributed by atoms with Crippen LogP contribution < -0.4 is 5.32 Å². The third kappa shape index (κ3) is 4.85. The van der Waals surface area contributed by atoms with Gasteiger partial charge in [-0.25, -0.2) is 0 Å². The molecule has 20 heavy (non-hydrogen) atoms. The summed E-state index contributed by atoms with van der Waals surface area (Å²) in [5.41, 5.74) is 2.69. The molecule has 1 saturated heterocycles. The van der Waals surface area contributed by atoms with Crippen molar-refractivity contribution in [2.24, 2.45) is 0 Å². The predicted molar refractivity (Wildman–Crippen MR) is 88.9 cm³/mol. The van der Waals surface area contributed by atoms with Crippen molar-refractivity contribution in [3.05, 3.63) is 33.8 Å². The molecule has 1 N–H and O–H groups in total. The molecule has 0 unspecified atom stereocenters. The molecule has 1 aliphatic heterocycles. The Morgan fingerprint density at radius 1 is 1.30 bits per heavy atom. The molecule has 0 amide bonds. The number of nitrogens with zero attached hydrogens (tertiary/aromatic N) is 2. The lowest BCUT2D eigenvalue weighted by molar-refractivity contribution is 0.252. The Morgan fingerprint density at radius 3 is 2.70 bits per heavy atom. The van der Waals surface area contributed by atoms with Crippen molar-refractivity contribution in [2.75, 3.05) is 40.3 Å². The molecular formula is C16H26BrN3. The molecule has 0 aliphatic carbocycles. The highest BCUT2D eigenvalue weighted by Crippen LogP contribution is 2.20. The topological polar surface area (TPSA) is 18.5 Å². The van der Waals surface area contributed by atoms with Crippen molar-refractivity contribution in [1.82, 2.24) is 15.1 Å². The molecule has 2 rings (SSSR count). The van der Waals surface area contributed by atoms with Crippen molar-refractivity contribution in [3.63, 3.8) is 0 Å². The van der Waals surface area contributed by atoms with Gasteiger partial charge in [0.05, 0.1) is 0 Å². The highest BCUT2D eigenvalue weighted by atomic mass is 79.9. The number of likely N-dealkylation sites (tertiary alicyclic amines) is 1. The average Bonchev–Trinajstić information content (AvgIpc) is 2.93. The standard InChI is InChI=1S/C16H26BrN3/c1-18-12-14-5-6-15(16(17)11-14)13-19(2)9-10-20-7-3-4-8-20/h5-6,11,18H,3-4,7-10,12-13H2,1-2H3. The van der Waals surface area contributed by atoms with Gasteiger partial charge in [-0.15, -0.1) is 0 Å². The van der Waals surface area contributed by atoms with E-state index in [9.17, 15) is 0 Å². The fourth-order valence-electron chi connectivity index (χ4n) is 2.72. The van der Waals surface area contributed by atoms with Crippen LogP contribution in [0.5, 0.6) is 0 Å². The van der Waals surface area contributed by atoms with Gasteiger partial charge in [-0.05, 0) is 57.2 Å². The molecule has 112 valence electrons. The normalized spacial score (nSPS) is 16.2. The minimum absolute atomic E-state index is 0.920. The van der Waals surface area contributed by atoms with E-state index in [1.165, 1.54) is 48.1 Å². The van der Waals surface area contributed by atoms with Gasteiger partial charge < -0.3 is 15.1 Å². The minimum atomic E-state index is 0.920. The van der Waals surface area contributed by atoms with Crippen molar-refractivity contribution in [3.8, 4) is 0 Å². The lowest BCUT2D eigenvalue weighted by atomic mass is 10.1. The van der Waals surface area contributed by atoms with Crippen molar-refractivity contribution in [2.45, 2.75) is 25.9 Å². The number of rotatable bonds is 7. The molecule has 0 bridgehead atoms. The molecule has 1 aromatic carbocycles. The largest absolute Gasteiger partial charge is 0.316 e. The monoisotopic (exact) mass is 339 g/mol. The first-order valence-corrected chi connectivity index (χ1v) is 8.31. The maximum atomic E-state index is 3.70. The molecule has 1 aliphatic rings. The molecule has 1 aromatic rings. The Morgan fingerprint density at radius 2 is 2.05 bits per heavy atom. The average molecular weight is 340 g/mol. The van der Waals surface area contributed by atoms with E-state index in [2.05, 4.69) is 56.3 Å². The third-order valence-corrected chi connectivity index (χ3v) is 4.67. The van der Waals surface area contributed by atoms with Gasteiger partial charge in [0.25, 0.3) is 0 Å². The molecule has 0 spiro atoms. The number of hydrogen-bond donors (Lipinski definition) is 1. The van der Waals surface area contributed by atoms with Crippen LogP contribution in [0.2, 0.25) is 0 Å². The quantitative estimate of drug-likeness (QED) is 0.823. The summed E-state index contributed by atoms with van der Waals surface area (Å²) in [4.78, 5) is 4.98. The summed E-state index contributed by atoms with van der Waals surface area (Å²) in [6, 6.07) is 6.67. The number of likely N-dealkylation sites (N-methyl/N-ethyl adjacent to an activating group) is 1. The minimum Gasteiger partial charge on any atom is -0.316 e. The second-order valence-corrected chi connectivity index (χ2v) is 6.60. The summed E-state index contributed by atoms with van der Waals surface area (Å²) in [6.07, 6.45) is 2.75. The van der Waals surface area contributed by atoms with E-state index >= 15 is 0 Å². The summed E-state index contributed by atoms with van der Waals surface area (Å²) in [5, 5.41) is 3.19. The van der Waals surface area contributed by atoms with Crippen LogP contribution in [-0.2, 0) is 13.1 Å². The second-order valence-electron chi connectivity index (χ2n) is 5.74. The van der Waals surface area contributed by atoms with Crippen LogP contribution in [0, 0.1) is 0 Å². The Labute approximate surface area is 131 Å². The highest BCUT2D eigenvalue weighted by molar-refractivity contribution is 9.10. The van der Waals surface area contributed by atoms with Crippen molar-refractivity contribution in [1.29, 1.82) is 0 Å². The number of benzene rings is 1. The van der Waals surface area contributed by atoms with Gasteiger partial charge in [-0.1, -0.05) is 28.1 Å². The Bertz CT molecular complexity index is 416. The zero-order valence-corrected chi connectivity index (χ0v) is 14.2. The fourth-order valence-corrected chi connectivity index (χ4v) is 3.27. The van der Waals surface area contributed by atoms with Crippen LogP contribution in [0.4, 0.5) is 0 Å². The van der Waals surface area contributed by atoms with Crippen LogP contribution in [0.15, 0.2) is 22.7 Å². The van der Waals surface area contributed by atoms with Crippen LogP contribution >= 0.6 is 15.9 Å².